The Bertz CT molecular complexity index is 950. The predicted molar refractivity (Wildman–Crippen MR) is 116 cm³/mol. The molecule has 0 radical (unpaired) electrons. The van der Waals surface area contributed by atoms with Gasteiger partial charge in [-0.3, -0.25) is 14.5 Å². The molecule has 0 fully saturated rings. The van der Waals surface area contributed by atoms with E-state index >= 15 is 0 Å². The fourth-order valence-corrected chi connectivity index (χ4v) is 3.73. The van der Waals surface area contributed by atoms with Crippen molar-refractivity contribution in [2.75, 3.05) is 25.5 Å². The summed E-state index contributed by atoms with van der Waals surface area (Å²) >= 11 is 7.41. The number of aromatic nitrogens is 1. The monoisotopic (exact) mass is 428 g/mol. The largest absolute Gasteiger partial charge is 0.342 e. The Kier molecular flexibility index (Phi) is 7.35. The second kappa shape index (κ2) is 10.2. The van der Waals surface area contributed by atoms with Crippen LogP contribution in [-0.2, 0) is 9.59 Å². The first kappa shape index (κ1) is 21.0. The number of rotatable bonds is 8. The van der Waals surface area contributed by atoms with Crippen molar-refractivity contribution < 1.29 is 9.59 Å². The van der Waals surface area contributed by atoms with E-state index in [1.54, 1.807) is 42.4 Å². The molecule has 2 aromatic carbocycles. The van der Waals surface area contributed by atoms with E-state index in [0.717, 1.165) is 10.6 Å². The summed E-state index contributed by atoms with van der Waals surface area (Å²) in [6.07, 6.45) is 1.72. The van der Waals surface area contributed by atoms with E-state index in [1.807, 2.05) is 35.7 Å². The SMILES string of the molecule is CN(CC(=O)Nc1cccc(Cl)c1)CC(=O)NC(c1ccccc1)c1nccs1. The van der Waals surface area contributed by atoms with Gasteiger partial charge in [-0.05, 0) is 30.8 Å². The number of benzene rings is 2. The third-order valence-electron chi connectivity index (χ3n) is 4.07. The van der Waals surface area contributed by atoms with Gasteiger partial charge >= 0.3 is 0 Å². The molecule has 0 aliphatic heterocycles. The number of carbonyl (C=O) groups is 2. The highest BCUT2D eigenvalue weighted by Crippen LogP contribution is 2.23. The van der Waals surface area contributed by atoms with Crippen molar-refractivity contribution in [3.63, 3.8) is 0 Å². The fraction of sp³-hybridized carbons (Fsp3) is 0.190. The van der Waals surface area contributed by atoms with Crippen LogP contribution >= 0.6 is 22.9 Å². The van der Waals surface area contributed by atoms with Crippen molar-refractivity contribution in [1.29, 1.82) is 0 Å². The lowest BCUT2D eigenvalue weighted by Gasteiger charge is -2.20. The van der Waals surface area contributed by atoms with Crippen LogP contribution in [0.25, 0.3) is 0 Å². The number of halogens is 1. The summed E-state index contributed by atoms with van der Waals surface area (Å²) in [6, 6.07) is 16.3. The molecule has 3 rings (SSSR count). The van der Waals surface area contributed by atoms with E-state index < -0.39 is 0 Å². The van der Waals surface area contributed by atoms with Crippen LogP contribution in [0.15, 0.2) is 66.2 Å². The standard InChI is InChI=1S/C21H21ClN4O2S/c1-26(13-18(27)24-17-9-5-8-16(22)12-17)14-19(28)25-20(21-23-10-11-29-21)15-6-3-2-4-7-15/h2-12,20H,13-14H2,1H3,(H,24,27)(H,25,28). The Morgan fingerprint density at radius 2 is 1.86 bits per heavy atom. The highest BCUT2D eigenvalue weighted by Gasteiger charge is 2.20. The van der Waals surface area contributed by atoms with Gasteiger partial charge in [0.15, 0.2) is 0 Å². The summed E-state index contributed by atoms with van der Waals surface area (Å²) in [7, 11) is 1.72. The van der Waals surface area contributed by atoms with Crippen LogP contribution in [-0.4, -0.2) is 41.8 Å². The van der Waals surface area contributed by atoms with Gasteiger partial charge in [0.1, 0.15) is 11.0 Å². The molecule has 8 heteroatoms. The molecule has 0 aliphatic rings. The first-order chi connectivity index (χ1) is 14.0. The molecule has 0 saturated heterocycles. The molecule has 3 aromatic rings. The summed E-state index contributed by atoms with van der Waals surface area (Å²) in [4.78, 5) is 30.8. The molecule has 6 nitrogen and oxygen atoms in total. The normalized spacial score (nSPS) is 11.8. The molecule has 29 heavy (non-hydrogen) atoms. The molecular formula is C21H21ClN4O2S. The molecule has 2 amide bonds. The van der Waals surface area contributed by atoms with Gasteiger partial charge in [0.05, 0.1) is 13.1 Å². The molecule has 1 heterocycles. The molecular weight excluding hydrogens is 408 g/mol. The Hall–Kier alpha value is -2.74. The molecule has 0 saturated carbocycles. The first-order valence-corrected chi connectivity index (χ1v) is 10.2. The number of thiazole rings is 1. The second-order valence-corrected chi connectivity index (χ2v) is 7.87. The quantitative estimate of drug-likeness (QED) is 0.575. The van der Waals surface area contributed by atoms with E-state index in [1.165, 1.54) is 11.3 Å². The Balaban J connectivity index is 1.56. The van der Waals surface area contributed by atoms with Crippen molar-refractivity contribution in [3.8, 4) is 0 Å². The molecule has 2 N–H and O–H groups in total. The number of amides is 2. The van der Waals surface area contributed by atoms with Crippen molar-refractivity contribution >= 4 is 40.4 Å². The Morgan fingerprint density at radius 3 is 2.55 bits per heavy atom. The number of hydrogen-bond donors (Lipinski definition) is 2. The Morgan fingerprint density at radius 1 is 1.10 bits per heavy atom. The summed E-state index contributed by atoms with van der Waals surface area (Å²) in [5.41, 5.74) is 1.57. The van der Waals surface area contributed by atoms with Crippen molar-refractivity contribution in [3.05, 3.63) is 81.8 Å². The van der Waals surface area contributed by atoms with Crippen LogP contribution in [0.2, 0.25) is 5.02 Å². The van der Waals surface area contributed by atoms with Gasteiger partial charge in [0.2, 0.25) is 11.8 Å². The minimum atomic E-state index is -0.322. The molecule has 1 atom stereocenters. The summed E-state index contributed by atoms with van der Waals surface area (Å²) in [5, 5.41) is 9.02. The molecule has 0 spiro atoms. The highest BCUT2D eigenvalue weighted by molar-refractivity contribution is 7.09. The predicted octanol–water partition coefficient (Wildman–Crippen LogP) is 3.57. The molecule has 1 aromatic heterocycles. The zero-order valence-corrected chi connectivity index (χ0v) is 17.4. The van der Waals surface area contributed by atoms with Crippen LogP contribution in [0, 0.1) is 0 Å². The third kappa shape index (κ3) is 6.39. The zero-order valence-electron chi connectivity index (χ0n) is 15.8. The topological polar surface area (TPSA) is 74.3 Å². The fourth-order valence-electron chi connectivity index (χ4n) is 2.83. The van der Waals surface area contributed by atoms with Crippen LogP contribution < -0.4 is 10.6 Å². The maximum absolute atomic E-state index is 12.6. The number of nitrogens with one attached hydrogen (secondary N) is 2. The summed E-state index contributed by atoms with van der Waals surface area (Å²) < 4.78 is 0. The van der Waals surface area contributed by atoms with Crippen LogP contribution in [0.4, 0.5) is 5.69 Å². The zero-order chi connectivity index (χ0) is 20.6. The van der Waals surface area contributed by atoms with E-state index in [0.29, 0.717) is 10.7 Å². The second-order valence-electron chi connectivity index (χ2n) is 6.51. The van der Waals surface area contributed by atoms with Crippen LogP contribution in [0.3, 0.4) is 0 Å². The average Bonchev–Trinajstić information content (AvgIpc) is 3.21. The van der Waals surface area contributed by atoms with E-state index in [4.69, 9.17) is 11.6 Å². The van der Waals surface area contributed by atoms with Gasteiger partial charge in [-0.2, -0.15) is 0 Å². The molecule has 1 unspecified atom stereocenters. The lowest BCUT2D eigenvalue weighted by atomic mass is 10.1. The lowest BCUT2D eigenvalue weighted by molar-refractivity contribution is -0.123. The van der Waals surface area contributed by atoms with E-state index in [9.17, 15) is 9.59 Å². The smallest absolute Gasteiger partial charge is 0.238 e. The van der Waals surface area contributed by atoms with Gasteiger partial charge in [-0.25, -0.2) is 4.98 Å². The van der Waals surface area contributed by atoms with E-state index in [2.05, 4.69) is 15.6 Å². The maximum atomic E-state index is 12.6. The van der Waals surface area contributed by atoms with Crippen LogP contribution in [0.1, 0.15) is 16.6 Å². The summed E-state index contributed by atoms with van der Waals surface area (Å²) in [6.45, 7) is 0.158. The maximum Gasteiger partial charge on any atom is 0.238 e. The van der Waals surface area contributed by atoms with Gasteiger partial charge < -0.3 is 10.6 Å². The molecule has 0 aliphatic carbocycles. The van der Waals surface area contributed by atoms with E-state index in [-0.39, 0.29) is 30.9 Å². The third-order valence-corrected chi connectivity index (χ3v) is 5.15. The minimum absolute atomic E-state index is 0.0766. The van der Waals surface area contributed by atoms with Gasteiger partial charge in [-0.1, -0.05) is 48.0 Å². The van der Waals surface area contributed by atoms with Gasteiger partial charge in [0.25, 0.3) is 0 Å². The molecule has 150 valence electrons. The first-order valence-electron chi connectivity index (χ1n) is 8.99. The van der Waals surface area contributed by atoms with Crippen molar-refractivity contribution in [1.82, 2.24) is 15.2 Å². The van der Waals surface area contributed by atoms with Gasteiger partial charge in [-0.15, -0.1) is 11.3 Å². The Labute approximate surface area is 178 Å². The minimum Gasteiger partial charge on any atom is -0.342 e. The van der Waals surface area contributed by atoms with Crippen LogP contribution in [0.5, 0.6) is 0 Å². The average molecular weight is 429 g/mol. The lowest BCUT2D eigenvalue weighted by Crippen LogP contribution is -2.40. The highest BCUT2D eigenvalue weighted by atomic mass is 35.5. The number of nitrogens with zero attached hydrogens (tertiary/aromatic N) is 2. The summed E-state index contributed by atoms with van der Waals surface area (Å²) in [5.74, 6) is -0.408. The van der Waals surface area contributed by atoms with Gasteiger partial charge in [0, 0.05) is 22.3 Å². The van der Waals surface area contributed by atoms with Crippen molar-refractivity contribution in [2.45, 2.75) is 6.04 Å². The number of likely N-dealkylation sites (N-methyl/N-ethyl adjacent to an activating group) is 1. The molecule has 0 bridgehead atoms. The number of hydrogen-bond acceptors (Lipinski definition) is 5. The van der Waals surface area contributed by atoms with Crippen molar-refractivity contribution in [2.24, 2.45) is 0 Å². The number of carbonyl (C=O) groups excluding carboxylic acids is 2. The number of anilines is 1.